The molecular formula is C17H24N6O3. The van der Waals surface area contributed by atoms with Crippen LogP contribution in [0, 0.1) is 13.8 Å². The zero-order valence-electron chi connectivity index (χ0n) is 15.1. The molecule has 2 aromatic rings. The molecule has 9 heteroatoms. The first kappa shape index (κ1) is 17.0. The lowest BCUT2D eigenvalue weighted by molar-refractivity contribution is 0.0835. The van der Waals surface area contributed by atoms with Crippen LogP contribution in [0.1, 0.15) is 48.1 Å². The Bertz CT molecular complexity index is 773. The van der Waals surface area contributed by atoms with Gasteiger partial charge in [0, 0.05) is 38.4 Å². The van der Waals surface area contributed by atoms with Gasteiger partial charge in [-0.1, -0.05) is 5.16 Å². The molecule has 2 amide bonds. The first-order valence-corrected chi connectivity index (χ1v) is 9.10. The van der Waals surface area contributed by atoms with Crippen LogP contribution in [-0.4, -0.2) is 57.1 Å². The Balaban J connectivity index is 1.20. The van der Waals surface area contributed by atoms with E-state index in [0.717, 1.165) is 30.8 Å². The number of carbonyl (C=O) groups is 1. The molecule has 0 spiro atoms. The molecule has 26 heavy (non-hydrogen) atoms. The third-order valence-electron chi connectivity index (χ3n) is 4.85. The largest absolute Gasteiger partial charge is 0.368 e. The van der Waals surface area contributed by atoms with Crippen molar-refractivity contribution < 1.29 is 14.1 Å². The summed E-state index contributed by atoms with van der Waals surface area (Å²) in [4.78, 5) is 18.3. The summed E-state index contributed by atoms with van der Waals surface area (Å²) in [6.07, 6.45) is 2.41. The van der Waals surface area contributed by atoms with Crippen LogP contribution in [0.5, 0.6) is 0 Å². The monoisotopic (exact) mass is 360 g/mol. The summed E-state index contributed by atoms with van der Waals surface area (Å²) >= 11 is 0. The highest BCUT2D eigenvalue weighted by Gasteiger charge is 2.33. The van der Waals surface area contributed by atoms with Crippen LogP contribution in [0.25, 0.3) is 0 Å². The fourth-order valence-electron chi connectivity index (χ4n) is 3.46. The van der Waals surface area contributed by atoms with Crippen molar-refractivity contribution in [1.82, 2.24) is 30.1 Å². The molecule has 0 bridgehead atoms. The van der Waals surface area contributed by atoms with Crippen LogP contribution in [0.15, 0.2) is 10.6 Å². The van der Waals surface area contributed by atoms with Gasteiger partial charge in [0.05, 0.1) is 11.7 Å². The van der Waals surface area contributed by atoms with Gasteiger partial charge in [-0.05, 0) is 32.8 Å². The van der Waals surface area contributed by atoms with Gasteiger partial charge in [0.2, 0.25) is 0 Å². The van der Waals surface area contributed by atoms with E-state index >= 15 is 0 Å². The number of likely N-dealkylation sites (tertiary alicyclic amines) is 1. The zero-order chi connectivity index (χ0) is 18.1. The molecule has 0 radical (unpaired) electrons. The number of aromatic nitrogens is 4. The van der Waals surface area contributed by atoms with Crippen LogP contribution < -0.4 is 5.32 Å². The third-order valence-corrected chi connectivity index (χ3v) is 4.85. The summed E-state index contributed by atoms with van der Waals surface area (Å²) in [5, 5.41) is 11.3. The maximum Gasteiger partial charge on any atom is 0.317 e. The topological polar surface area (TPSA) is 98.3 Å². The van der Waals surface area contributed by atoms with Crippen LogP contribution in [0.4, 0.5) is 4.79 Å². The number of ether oxygens (including phenoxy) is 1. The van der Waals surface area contributed by atoms with Crippen molar-refractivity contribution in [3.63, 3.8) is 0 Å². The summed E-state index contributed by atoms with van der Waals surface area (Å²) in [6, 6.07) is 2.25. The van der Waals surface area contributed by atoms with Gasteiger partial charge < -0.3 is 19.5 Å². The number of nitrogens with one attached hydrogen (secondary N) is 1. The Labute approximate surface area is 151 Å². The summed E-state index contributed by atoms with van der Waals surface area (Å²) < 4.78 is 12.8. The van der Waals surface area contributed by atoms with Gasteiger partial charge in [-0.25, -0.2) is 4.79 Å². The number of rotatable bonds is 5. The number of carbonyl (C=O) groups excluding carboxylic acids is 1. The van der Waals surface area contributed by atoms with Gasteiger partial charge in [0.25, 0.3) is 5.89 Å². The van der Waals surface area contributed by atoms with Gasteiger partial charge in [-0.3, -0.25) is 4.68 Å². The quantitative estimate of drug-likeness (QED) is 0.868. The second-order valence-corrected chi connectivity index (χ2v) is 6.96. The highest BCUT2D eigenvalue weighted by Crippen LogP contribution is 2.27. The highest BCUT2D eigenvalue weighted by atomic mass is 16.5. The second-order valence-electron chi connectivity index (χ2n) is 6.96. The van der Waals surface area contributed by atoms with Crippen molar-refractivity contribution in [1.29, 1.82) is 0 Å². The molecule has 4 rings (SSSR count). The Kier molecular flexibility index (Phi) is 4.62. The van der Waals surface area contributed by atoms with Crippen LogP contribution in [0.3, 0.4) is 0 Å². The number of aryl methyl sites for hydroxylation is 2. The number of nitrogens with zero attached hydrogens (tertiary/aromatic N) is 5. The lowest BCUT2D eigenvalue weighted by atomic mass is 10.1. The van der Waals surface area contributed by atoms with Crippen LogP contribution in [0.2, 0.25) is 0 Å². The van der Waals surface area contributed by atoms with Crippen molar-refractivity contribution in [2.75, 3.05) is 26.2 Å². The molecule has 0 unspecified atom stereocenters. The van der Waals surface area contributed by atoms with Gasteiger partial charge in [0.1, 0.15) is 6.10 Å². The first-order valence-electron chi connectivity index (χ1n) is 9.10. The van der Waals surface area contributed by atoms with Crippen molar-refractivity contribution in [2.24, 2.45) is 0 Å². The molecule has 2 aliphatic rings. The van der Waals surface area contributed by atoms with Crippen molar-refractivity contribution in [3.05, 3.63) is 29.2 Å². The normalized spacial score (nSPS) is 20.4. The Hall–Kier alpha value is -2.42. The van der Waals surface area contributed by atoms with Gasteiger partial charge >= 0.3 is 6.03 Å². The minimum atomic E-state index is -0.0711. The van der Waals surface area contributed by atoms with Crippen LogP contribution >= 0.6 is 0 Å². The number of hydrogen-bond donors (Lipinski definition) is 1. The Morgan fingerprint density at radius 2 is 2.23 bits per heavy atom. The standard InChI is InChI=1S/C17H24N6O3/c1-11-8-12(2)23(20-11)13-9-22(10-13)17(24)18-6-5-15-19-16(26-21-15)14-4-3-7-25-14/h8,13-14H,3-7,9-10H2,1-2H3,(H,18,24)/t14-/m1/s1. The van der Waals surface area contributed by atoms with E-state index in [-0.39, 0.29) is 18.2 Å². The number of hydrogen-bond acceptors (Lipinski definition) is 6. The summed E-state index contributed by atoms with van der Waals surface area (Å²) in [5.41, 5.74) is 2.14. The van der Waals surface area contributed by atoms with E-state index in [2.05, 4.69) is 26.6 Å². The van der Waals surface area contributed by atoms with Gasteiger partial charge in [-0.2, -0.15) is 10.1 Å². The molecule has 140 valence electrons. The minimum Gasteiger partial charge on any atom is -0.368 e. The predicted octanol–water partition coefficient (Wildman–Crippen LogP) is 1.54. The smallest absolute Gasteiger partial charge is 0.317 e. The van der Waals surface area contributed by atoms with E-state index in [1.807, 2.05) is 18.5 Å². The fraction of sp³-hybridized carbons (Fsp3) is 0.647. The molecular weight excluding hydrogens is 336 g/mol. The Morgan fingerprint density at radius 1 is 1.38 bits per heavy atom. The van der Waals surface area contributed by atoms with Crippen LogP contribution in [-0.2, 0) is 11.2 Å². The molecule has 2 aliphatic heterocycles. The molecule has 4 heterocycles. The second kappa shape index (κ2) is 7.06. The average Bonchev–Trinajstić information content (AvgIpc) is 3.28. The lowest BCUT2D eigenvalue weighted by Crippen LogP contribution is -2.54. The molecule has 2 fully saturated rings. The SMILES string of the molecule is Cc1cc(C)n(C2CN(C(=O)NCCc3noc([C@H]4CCCO4)n3)C2)n1. The Morgan fingerprint density at radius 3 is 2.92 bits per heavy atom. The predicted molar refractivity (Wildman–Crippen MR) is 91.6 cm³/mol. The van der Waals surface area contributed by atoms with Crippen molar-refractivity contribution in [3.8, 4) is 0 Å². The van der Waals surface area contributed by atoms with Crippen molar-refractivity contribution >= 4 is 6.03 Å². The maximum absolute atomic E-state index is 12.2. The summed E-state index contributed by atoms with van der Waals surface area (Å²) in [5.74, 6) is 1.14. The van der Waals surface area contributed by atoms with E-state index in [0.29, 0.717) is 37.8 Å². The average molecular weight is 360 g/mol. The zero-order valence-corrected chi connectivity index (χ0v) is 15.1. The lowest BCUT2D eigenvalue weighted by Gasteiger charge is -2.39. The molecule has 0 saturated carbocycles. The molecule has 2 aromatic heterocycles. The molecule has 1 N–H and O–H groups in total. The number of urea groups is 1. The summed E-state index contributed by atoms with van der Waals surface area (Å²) in [6.45, 7) is 6.60. The minimum absolute atomic E-state index is 0.0642. The van der Waals surface area contributed by atoms with E-state index in [1.165, 1.54) is 0 Å². The molecule has 9 nitrogen and oxygen atoms in total. The van der Waals surface area contributed by atoms with E-state index in [9.17, 15) is 4.79 Å². The van der Waals surface area contributed by atoms with Crippen molar-refractivity contribution in [2.45, 2.75) is 45.3 Å². The third kappa shape index (κ3) is 3.44. The highest BCUT2D eigenvalue weighted by molar-refractivity contribution is 5.75. The fourth-order valence-corrected chi connectivity index (χ4v) is 3.46. The van der Waals surface area contributed by atoms with Gasteiger partial charge in [-0.15, -0.1) is 0 Å². The molecule has 0 aromatic carbocycles. The molecule has 2 saturated heterocycles. The van der Waals surface area contributed by atoms with E-state index < -0.39 is 0 Å². The molecule has 0 aliphatic carbocycles. The molecule has 1 atom stereocenters. The van der Waals surface area contributed by atoms with Gasteiger partial charge in [0.15, 0.2) is 5.82 Å². The maximum atomic E-state index is 12.2. The summed E-state index contributed by atoms with van der Waals surface area (Å²) in [7, 11) is 0. The van der Waals surface area contributed by atoms with E-state index in [4.69, 9.17) is 9.26 Å². The first-order chi connectivity index (χ1) is 12.6. The number of amides is 2. The van der Waals surface area contributed by atoms with E-state index in [1.54, 1.807) is 4.90 Å².